The molecule has 0 atom stereocenters. The van der Waals surface area contributed by atoms with Crippen LogP contribution in [0.2, 0.25) is 0 Å². The first-order chi connectivity index (χ1) is 11.3. The molecular formula is C20H22N3OW-. The summed E-state index contributed by atoms with van der Waals surface area (Å²) in [6.07, 6.45) is 1.72. The minimum atomic E-state index is -0.677. The molecule has 0 bridgehead atoms. The molecule has 4 nitrogen and oxygen atoms in total. The van der Waals surface area contributed by atoms with Crippen molar-refractivity contribution in [3.05, 3.63) is 69.2 Å². The van der Waals surface area contributed by atoms with E-state index in [9.17, 15) is 4.79 Å². The molecule has 2 aromatic heterocycles. The van der Waals surface area contributed by atoms with Gasteiger partial charge in [0.1, 0.15) is 5.65 Å². The van der Waals surface area contributed by atoms with Gasteiger partial charge >= 0.3 is 0 Å². The molecular weight excluding hydrogens is 482 g/mol. The number of amides is 1. The van der Waals surface area contributed by atoms with Crippen LogP contribution in [0, 0.1) is 34.6 Å². The first-order valence-electron chi connectivity index (χ1n) is 8.09. The summed E-state index contributed by atoms with van der Waals surface area (Å²) in [6, 6.07) is 5.54. The number of rotatable bonds is 3. The predicted molar refractivity (Wildman–Crippen MR) is 97.6 cm³/mol. The first-order valence-corrected chi connectivity index (χ1v) is 8.09. The summed E-state index contributed by atoms with van der Waals surface area (Å²) in [5.41, 5.74) is 16.3. The Hall–Kier alpha value is -1.93. The molecule has 25 heavy (non-hydrogen) atoms. The number of hydrogen-bond donors (Lipinski definition) is 0. The Morgan fingerprint density at radius 1 is 1.04 bits per heavy atom. The molecule has 0 aliphatic heterocycles. The molecule has 0 aliphatic carbocycles. The van der Waals surface area contributed by atoms with Gasteiger partial charge < -0.3 is 15.1 Å². The first kappa shape index (κ1) is 19.4. The van der Waals surface area contributed by atoms with Crippen LogP contribution in [0.1, 0.15) is 43.9 Å². The fourth-order valence-electron chi connectivity index (χ4n) is 3.41. The van der Waals surface area contributed by atoms with Gasteiger partial charge in [-0.15, -0.1) is 0 Å². The van der Waals surface area contributed by atoms with Gasteiger partial charge in [-0.05, 0) is 86.2 Å². The topological polar surface area (TPSA) is 58.7 Å². The molecule has 5 heteroatoms. The van der Waals surface area contributed by atoms with E-state index in [1.54, 1.807) is 12.3 Å². The minimum absolute atomic E-state index is 0. The summed E-state index contributed by atoms with van der Waals surface area (Å²) < 4.78 is 1.87. The monoisotopic (exact) mass is 504 g/mol. The van der Waals surface area contributed by atoms with Crippen molar-refractivity contribution >= 4 is 16.9 Å². The van der Waals surface area contributed by atoms with Gasteiger partial charge in [-0.1, -0.05) is 0 Å². The second-order valence-corrected chi connectivity index (χ2v) is 6.46. The number of pyridine rings is 1. The quantitative estimate of drug-likeness (QED) is 0.514. The van der Waals surface area contributed by atoms with Gasteiger partial charge in [0.15, 0.2) is 0 Å². The van der Waals surface area contributed by atoms with Crippen LogP contribution in [-0.4, -0.2) is 15.5 Å². The molecule has 2 heterocycles. The van der Waals surface area contributed by atoms with Crippen molar-refractivity contribution < 1.29 is 25.9 Å². The van der Waals surface area contributed by atoms with Crippen LogP contribution >= 0.6 is 0 Å². The SMILES string of the molecule is Cc1c(C)c(C)c(Cn2c(C([NH-])=O)cc3cccnc32)c(C)c1C.[W]. The zero-order valence-corrected chi connectivity index (χ0v) is 18.2. The van der Waals surface area contributed by atoms with Crippen LogP contribution in [0.15, 0.2) is 24.4 Å². The van der Waals surface area contributed by atoms with Crippen molar-refractivity contribution in [2.75, 3.05) is 0 Å². The summed E-state index contributed by atoms with van der Waals surface area (Å²) in [5, 5.41) is 0.893. The molecule has 1 N–H and O–H groups in total. The Morgan fingerprint density at radius 2 is 1.60 bits per heavy atom. The molecule has 1 aromatic carbocycles. The minimum Gasteiger partial charge on any atom is -0.662 e. The van der Waals surface area contributed by atoms with E-state index in [1.807, 2.05) is 16.7 Å². The van der Waals surface area contributed by atoms with E-state index in [-0.39, 0.29) is 21.1 Å². The Bertz CT molecular complexity index is 944. The van der Waals surface area contributed by atoms with Crippen LogP contribution in [0.25, 0.3) is 16.8 Å². The van der Waals surface area contributed by atoms with Gasteiger partial charge in [0.25, 0.3) is 0 Å². The number of carbonyl (C=O) groups is 1. The normalized spacial score (nSPS) is 10.8. The molecule has 3 aromatic rings. The summed E-state index contributed by atoms with van der Waals surface area (Å²) in [6.45, 7) is 11.3. The van der Waals surface area contributed by atoms with Crippen molar-refractivity contribution in [2.24, 2.45) is 0 Å². The number of nitrogens with zero attached hydrogens (tertiary/aromatic N) is 2. The fourth-order valence-corrected chi connectivity index (χ4v) is 3.41. The van der Waals surface area contributed by atoms with E-state index in [0.29, 0.717) is 12.2 Å². The van der Waals surface area contributed by atoms with E-state index in [1.165, 1.54) is 33.4 Å². The summed E-state index contributed by atoms with van der Waals surface area (Å²) in [7, 11) is 0. The zero-order chi connectivity index (χ0) is 17.6. The van der Waals surface area contributed by atoms with Gasteiger partial charge in [-0.25, -0.2) is 4.98 Å². The molecule has 0 unspecified atom stereocenters. The third-order valence-corrected chi connectivity index (χ3v) is 5.36. The number of aromatic nitrogens is 2. The predicted octanol–water partition coefficient (Wildman–Crippen LogP) is 4.82. The van der Waals surface area contributed by atoms with E-state index in [4.69, 9.17) is 5.73 Å². The maximum absolute atomic E-state index is 11.8. The second-order valence-electron chi connectivity index (χ2n) is 6.46. The molecule has 0 fully saturated rings. The maximum Gasteiger partial charge on any atom is 0.140 e. The molecule has 0 aliphatic rings. The van der Waals surface area contributed by atoms with Crippen LogP contribution in [0.4, 0.5) is 0 Å². The average Bonchev–Trinajstić information content (AvgIpc) is 2.94. The zero-order valence-electron chi connectivity index (χ0n) is 15.2. The van der Waals surface area contributed by atoms with Crippen molar-refractivity contribution in [3.63, 3.8) is 0 Å². The van der Waals surface area contributed by atoms with Crippen LogP contribution < -0.4 is 0 Å². The summed E-state index contributed by atoms with van der Waals surface area (Å²) >= 11 is 0. The van der Waals surface area contributed by atoms with Gasteiger partial charge in [0.05, 0.1) is 18.1 Å². The Balaban J connectivity index is 0.00000225. The summed E-state index contributed by atoms with van der Waals surface area (Å²) in [4.78, 5) is 16.2. The average molecular weight is 504 g/mol. The number of benzene rings is 1. The molecule has 0 saturated heterocycles. The Labute approximate surface area is 162 Å². The van der Waals surface area contributed by atoms with Crippen molar-refractivity contribution in [1.82, 2.24) is 9.55 Å². The van der Waals surface area contributed by atoms with Gasteiger partial charge in [-0.3, -0.25) is 0 Å². The van der Waals surface area contributed by atoms with Crippen molar-refractivity contribution in [2.45, 2.75) is 41.2 Å². The number of nitrogens with one attached hydrogen (secondary N) is 1. The van der Waals surface area contributed by atoms with E-state index < -0.39 is 5.91 Å². The summed E-state index contributed by atoms with van der Waals surface area (Å²) in [5.74, 6) is -0.677. The molecule has 0 spiro atoms. The van der Waals surface area contributed by atoms with Crippen LogP contribution in [0.3, 0.4) is 0 Å². The number of hydrogen-bond acceptors (Lipinski definition) is 2. The van der Waals surface area contributed by atoms with Crippen LogP contribution in [-0.2, 0) is 27.6 Å². The van der Waals surface area contributed by atoms with E-state index >= 15 is 0 Å². The largest absolute Gasteiger partial charge is 0.662 e. The Kier molecular flexibility index (Phi) is 5.53. The third kappa shape index (κ3) is 3.16. The third-order valence-electron chi connectivity index (χ3n) is 5.36. The molecule has 130 valence electrons. The maximum atomic E-state index is 11.8. The number of carbonyl (C=O) groups excluding carboxylic acids is 1. The van der Waals surface area contributed by atoms with Gasteiger partial charge in [0, 0.05) is 32.6 Å². The molecule has 0 saturated carbocycles. The fraction of sp³-hybridized carbons (Fsp3) is 0.300. The van der Waals surface area contributed by atoms with Crippen molar-refractivity contribution in [3.8, 4) is 0 Å². The molecule has 1 amide bonds. The van der Waals surface area contributed by atoms with Crippen molar-refractivity contribution in [1.29, 1.82) is 0 Å². The smallest absolute Gasteiger partial charge is 0.140 e. The number of fused-ring (bicyclic) bond motifs is 1. The Morgan fingerprint density at radius 3 is 2.16 bits per heavy atom. The van der Waals surface area contributed by atoms with E-state index in [0.717, 1.165) is 11.0 Å². The molecule has 3 rings (SSSR count). The second kappa shape index (κ2) is 7.13. The van der Waals surface area contributed by atoms with Gasteiger partial charge in [0.2, 0.25) is 0 Å². The van der Waals surface area contributed by atoms with E-state index in [2.05, 4.69) is 39.6 Å². The van der Waals surface area contributed by atoms with Crippen LogP contribution in [0.5, 0.6) is 0 Å². The molecule has 0 radical (unpaired) electrons. The standard InChI is InChI=1S/C20H23N3O.W/c1-11-12(2)14(4)17(15(5)13(11)3)10-23-18(19(21)24)9-16-7-6-8-22-20(16)23;/h6-9H,10H2,1-5H3,(H2,21,24);/p-1. The van der Waals surface area contributed by atoms with Gasteiger partial charge in [-0.2, -0.15) is 0 Å².